The van der Waals surface area contributed by atoms with E-state index < -0.39 is 48.3 Å². The van der Waals surface area contributed by atoms with Crippen LogP contribution >= 0.6 is 0 Å². The molecule has 0 bridgehead atoms. The molecule has 0 saturated carbocycles. The molecule has 0 radical (unpaired) electrons. The van der Waals surface area contributed by atoms with E-state index in [1.807, 2.05) is 12.1 Å². The van der Waals surface area contributed by atoms with Gasteiger partial charge in [0.15, 0.2) is 6.73 Å². The van der Waals surface area contributed by atoms with Gasteiger partial charge in [0.25, 0.3) is 17.7 Å². The summed E-state index contributed by atoms with van der Waals surface area (Å²) in [7, 11) is 0. The van der Waals surface area contributed by atoms with Gasteiger partial charge < -0.3 is 20.7 Å². The number of nitrogens with one attached hydrogen (secondary N) is 1. The van der Waals surface area contributed by atoms with E-state index in [0.717, 1.165) is 10.5 Å². The summed E-state index contributed by atoms with van der Waals surface area (Å²) in [5.41, 5.74) is 8.66. The Morgan fingerprint density at radius 3 is 2.35 bits per heavy atom. The summed E-state index contributed by atoms with van der Waals surface area (Å²) in [6, 6.07) is 10.1. The van der Waals surface area contributed by atoms with Gasteiger partial charge in [0.05, 0.1) is 0 Å². The molecule has 0 aromatic heterocycles. The Morgan fingerprint density at radius 1 is 1.05 bits per heavy atom. The molecule has 4 amide bonds. The van der Waals surface area contributed by atoms with Crippen molar-refractivity contribution >= 4 is 35.4 Å². The van der Waals surface area contributed by atoms with Gasteiger partial charge >= 0.3 is 5.97 Å². The predicted molar refractivity (Wildman–Crippen MR) is 156 cm³/mol. The van der Waals surface area contributed by atoms with Crippen LogP contribution in [-0.2, 0) is 42.4 Å². The highest BCUT2D eigenvalue weighted by Gasteiger charge is 2.43. The summed E-state index contributed by atoms with van der Waals surface area (Å²) in [6.45, 7) is 9.18. The number of hydrogen-bond donors (Lipinski definition) is 2. The van der Waals surface area contributed by atoms with Gasteiger partial charge in [0, 0.05) is 30.6 Å². The number of Topliss-reactive ketones (excluding diaryl/α,β-unsaturated/α-hetero) is 1. The first kappa shape index (κ1) is 31.6. The Labute approximate surface area is 250 Å². The third-order valence-corrected chi connectivity index (χ3v) is 7.94. The van der Waals surface area contributed by atoms with Crippen LogP contribution in [-0.4, -0.2) is 64.0 Å². The number of carbonyl (C=O) groups excluding carboxylic acids is 6. The topological polar surface area (TPSA) is 156 Å². The van der Waals surface area contributed by atoms with Crippen molar-refractivity contribution in [3.05, 3.63) is 70.3 Å². The third kappa shape index (κ3) is 6.67. The standard InChI is InChI=1S/C32H38N4O7/c1-18(2)26(33)31(42)43-17-36-25(37)14-13-24(30(36)41)35-16-23-20(7-6-8-22(23)29(35)40)15-34-28(39)27(38)19-9-11-21(12-10-19)32(3,4)5/h6-12,18,24,26H,13-17,33H2,1-5H3,(H,34,39)/t24-,26-/m1/s1. The number of piperidine rings is 1. The molecule has 2 heterocycles. The lowest BCUT2D eigenvalue weighted by molar-refractivity contribution is -0.165. The van der Waals surface area contributed by atoms with Gasteiger partial charge in [0.2, 0.25) is 11.7 Å². The van der Waals surface area contributed by atoms with Gasteiger partial charge in [-0.25, -0.2) is 4.90 Å². The maximum absolute atomic E-state index is 13.4. The number of nitrogens with two attached hydrogens (primary N) is 1. The molecule has 0 aliphatic carbocycles. The van der Waals surface area contributed by atoms with E-state index in [0.29, 0.717) is 16.7 Å². The summed E-state index contributed by atoms with van der Waals surface area (Å²) in [6.07, 6.45) is 0.119. The van der Waals surface area contributed by atoms with Gasteiger partial charge in [0.1, 0.15) is 12.1 Å². The molecule has 0 unspecified atom stereocenters. The van der Waals surface area contributed by atoms with Crippen LogP contribution in [0.2, 0.25) is 0 Å². The van der Waals surface area contributed by atoms with E-state index in [-0.39, 0.29) is 48.7 Å². The number of imide groups is 1. The van der Waals surface area contributed by atoms with Crippen molar-refractivity contribution in [3.8, 4) is 0 Å². The normalized spacial score (nSPS) is 17.7. The van der Waals surface area contributed by atoms with E-state index in [2.05, 4.69) is 26.1 Å². The molecule has 43 heavy (non-hydrogen) atoms. The second-order valence-corrected chi connectivity index (χ2v) is 12.3. The molecule has 1 saturated heterocycles. The average molecular weight is 591 g/mol. The van der Waals surface area contributed by atoms with E-state index >= 15 is 0 Å². The van der Waals surface area contributed by atoms with Crippen LogP contribution in [0.5, 0.6) is 0 Å². The maximum Gasteiger partial charge on any atom is 0.324 e. The quantitative estimate of drug-likeness (QED) is 0.195. The minimum absolute atomic E-state index is 0.00419. The summed E-state index contributed by atoms with van der Waals surface area (Å²) in [4.78, 5) is 79.1. The molecule has 11 nitrogen and oxygen atoms in total. The van der Waals surface area contributed by atoms with Gasteiger partial charge in [-0.1, -0.05) is 71.0 Å². The Morgan fingerprint density at radius 2 is 1.72 bits per heavy atom. The zero-order chi connectivity index (χ0) is 31.6. The van der Waals surface area contributed by atoms with Gasteiger partial charge in [-0.2, -0.15) is 0 Å². The van der Waals surface area contributed by atoms with Crippen molar-refractivity contribution in [1.82, 2.24) is 15.1 Å². The molecule has 3 N–H and O–H groups in total. The molecule has 228 valence electrons. The lowest BCUT2D eigenvalue weighted by atomic mass is 9.86. The molecular weight excluding hydrogens is 552 g/mol. The Balaban J connectivity index is 1.42. The lowest BCUT2D eigenvalue weighted by Crippen LogP contribution is -2.55. The lowest BCUT2D eigenvalue weighted by Gasteiger charge is -2.35. The fourth-order valence-electron chi connectivity index (χ4n) is 5.09. The molecule has 2 aliphatic rings. The molecule has 4 rings (SSSR count). The highest BCUT2D eigenvalue weighted by molar-refractivity contribution is 6.42. The average Bonchev–Trinajstić information content (AvgIpc) is 3.30. The number of ether oxygens (including phenoxy) is 1. The fraction of sp³-hybridized carbons (Fsp3) is 0.438. The van der Waals surface area contributed by atoms with Crippen molar-refractivity contribution in [1.29, 1.82) is 0 Å². The minimum atomic E-state index is -0.935. The van der Waals surface area contributed by atoms with E-state index in [4.69, 9.17) is 10.5 Å². The predicted octanol–water partition coefficient (Wildman–Crippen LogP) is 2.44. The van der Waals surface area contributed by atoms with E-state index in [9.17, 15) is 28.8 Å². The van der Waals surface area contributed by atoms with Crippen molar-refractivity contribution < 1.29 is 33.5 Å². The first-order valence-corrected chi connectivity index (χ1v) is 14.3. The van der Waals surface area contributed by atoms with Crippen LogP contribution < -0.4 is 11.1 Å². The third-order valence-electron chi connectivity index (χ3n) is 7.94. The van der Waals surface area contributed by atoms with Crippen molar-refractivity contribution in [2.24, 2.45) is 11.7 Å². The SMILES string of the molecule is CC(C)[C@@H](N)C(=O)OCN1C(=O)CC[C@@H](N2Cc3c(CNC(=O)C(=O)c4ccc(C(C)(C)C)cc4)cccc3C2=O)C1=O. The molecule has 0 spiro atoms. The van der Waals surface area contributed by atoms with E-state index in [1.54, 1.807) is 44.2 Å². The zero-order valence-electron chi connectivity index (χ0n) is 25.1. The van der Waals surface area contributed by atoms with Crippen LogP contribution in [0.25, 0.3) is 0 Å². The number of benzene rings is 2. The summed E-state index contributed by atoms with van der Waals surface area (Å²) >= 11 is 0. The first-order valence-electron chi connectivity index (χ1n) is 14.3. The maximum atomic E-state index is 13.4. The first-order chi connectivity index (χ1) is 20.2. The largest absolute Gasteiger partial charge is 0.443 e. The zero-order valence-corrected chi connectivity index (χ0v) is 25.1. The van der Waals surface area contributed by atoms with Crippen LogP contribution in [0.3, 0.4) is 0 Å². The second-order valence-electron chi connectivity index (χ2n) is 12.3. The fourth-order valence-corrected chi connectivity index (χ4v) is 5.09. The molecular formula is C32H38N4O7. The van der Waals surface area contributed by atoms with Gasteiger partial charge in [-0.3, -0.25) is 28.8 Å². The summed E-state index contributed by atoms with van der Waals surface area (Å²) < 4.78 is 5.14. The Hall–Kier alpha value is -4.38. The highest BCUT2D eigenvalue weighted by atomic mass is 16.5. The number of amides is 4. The number of carbonyl (C=O) groups is 6. The number of esters is 1. The number of likely N-dealkylation sites (tertiary alicyclic amines) is 1. The number of nitrogens with zero attached hydrogens (tertiary/aromatic N) is 2. The summed E-state index contributed by atoms with van der Waals surface area (Å²) in [5, 5.41) is 2.65. The van der Waals surface area contributed by atoms with Crippen LogP contribution in [0.1, 0.15) is 84.9 Å². The smallest absolute Gasteiger partial charge is 0.324 e. The van der Waals surface area contributed by atoms with E-state index in [1.165, 1.54) is 4.90 Å². The Bertz CT molecular complexity index is 1460. The molecule has 1 fully saturated rings. The van der Waals surface area contributed by atoms with Crippen LogP contribution in [0, 0.1) is 5.92 Å². The second kappa shape index (κ2) is 12.5. The monoisotopic (exact) mass is 590 g/mol. The number of fused-ring (bicyclic) bond motifs is 1. The highest BCUT2D eigenvalue weighted by Crippen LogP contribution is 2.31. The van der Waals surface area contributed by atoms with Crippen molar-refractivity contribution in [3.63, 3.8) is 0 Å². The van der Waals surface area contributed by atoms with Gasteiger partial charge in [-0.15, -0.1) is 0 Å². The minimum Gasteiger partial charge on any atom is -0.443 e. The van der Waals surface area contributed by atoms with Gasteiger partial charge in [-0.05, 0) is 40.5 Å². The molecule has 2 aromatic rings. The van der Waals surface area contributed by atoms with Crippen molar-refractivity contribution in [2.75, 3.05) is 6.73 Å². The van der Waals surface area contributed by atoms with Crippen LogP contribution in [0.4, 0.5) is 0 Å². The molecule has 2 aromatic carbocycles. The summed E-state index contributed by atoms with van der Waals surface area (Å²) in [5.74, 6) is -3.88. The number of rotatable bonds is 9. The number of ketones is 1. The molecule has 11 heteroatoms. The Kier molecular flexibility index (Phi) is 9.15. The van der Waals surface area contributed by atoms with Crippen molar-refractivity contribution in [2.45, 2.75) is 78.0 Å². The number of hydrogen-bond acceptors (Lipinski definition) is 8. The van der Waals surface area contributed by atoms with Crippen LogP contribution in [0.15, 0.2) is 42.5 Å². The molecule has 2 aliphatic heterocycles. The molecule has 2 atom stereocenters.